The highest BCUT2D eigenvalue weighted by molar-refractivity contribution is 5.40. The molecule has 1 unspecified atom stereocenters. The molecule has 0 bridgehead atoms. The Kier molecular flexibility index (Phi) is 2.15. The Morgan fingerprint density at radius 1 is 1.36 bits per heavy atom. The summed E-state index contributed by atoms with van der Waals surface area (Å²) in [5, 5.41) is 0. The zero-order valence-electron chi connectivity index (χ0n) is 9.30. The smallest absolute Gasteiger partial charge is 0.0134 e. The van der Waals surface area contributed by atoms with Gasteiger partial charge in [-0.05, 0) is 30.9 Å². The van der Waals surface area contributed by atoms with E-state index >= 15 is 0 Å². The Morgan fingerprint density at radius 3 is 2.79 bits per heavy atom. The zero-order chi connectivity index (χ0) is 10.3. The molecular formula is C13H19N. The Balaban J connectivity index is 2.55. The van der Waals surface area contributed by atoms with Crippen molar-refractivity contribution < 1.29 is 0 Å². The molecule has 0 saturated carbocycles. The lowest BCUT2D eigenvalue weighted by Gasteiger charge is -2.38. The van der Waals surface area contributed by atoms with Crippen LogP contribution in [0.15, 0.2) is 18.2 Å². The molecule has 1 aromatic rings. The predicted molar refractivity (Wildman–Crippen MR) is 60.5 cm³/mol. The Morgan fingerprint density at radius 2 is 2.07 bits per heavy atom. The molecule has 1 aliphatic carbocycles. The average Bonchev–Trinajstić information content (AvgIpc) is 2.13. The van der Waals surface area contributed by atoms with Gasteiger partial charge in [-0.25, -0.2) is 0 Å². The molecule has 2 N–H and O–H groups in total. The lowest BCUT2D eigenvalue weighted by Crippen LogP contribution is -2.44. The van der Waals surface area contributed by atoms with Crippen molar-refractivity contribution in [3.63, 3.8) is 0 Å². The summed E-state index contributed by atoms with van der Waals surface area (Å²) in [4.78, 5) is 0. The van der Waals surface area contributed by atoms with Gasteiger partial charge in [0.1, 0.15) is 0 Å². The third-order valence-corrected chi connectivity index (χ3v) is 3.61. The molecule has 0 aromatic heterocycles. The highest BCUT2D eigenvalue weighted by Crippen LogP contribution is 2.36. The number of benzene rings is 1. The molecular weight excluding hydrogens is 170 g/mol. The summed E-state index contributed by atoms with van der Waals surface area (Å²) >= 11 is 0. The molecule has 14 heavy (non-hydrogen) atoms. The normalized spacial score (nSPS) is 24.4. The van der Waals surface area contributed by atoms with E-state index in [1.54, 1.807) is 0 Å². The molecule has 0 radical (unpaired) electrons. The van der Waals surface area contributed by atoms with Crippen molar-refractivity contribution in [1.82, 2.24) is 0 Å². The first-order valence-corrected chi connectivity index (χ1v) is 5.37. The van der Waals surface area contributed by atoms with Crippen molar-refractivity contribution >= 4 is 0 Å². The van der Waals surface area contributed by atoms with Crippen LogP contribution in [0, 0.1) is 6.92 Å². The number of nitrogens with two attached hydrogens (primary N) is 1. The van der Waals surface area contributed by atoms with Gasteiger partial charge in [-0.3, -0.25) is 0 Å². The third-order valence-electron chi connectivity index (χ3n) is 3.61. The van der Waals surface area contributed by atoms with Crippen LogP contribution in [0.4, 0.5) is 0 Å². The molecule has 0 amide bonds. The molecule has 1 aliphatic rings. The summed E-state index contributed by atoms with van der Waals surface area (Å²) in [5.74, 6) is 0. The van der Waals surface area contributed by atoms with Crippen LogP contribution in [0.1, 0.15) is 37.0 Å². The van der Waals surface area contributed by atoms with Crippen LogP contribution < -0.4 is 5.73 Å². The van der Waals surface area contributed by atoms with E-state index in [1.807, 2.05) is 0 Å². The van der Waals surface area contributed by atoms with E-state index in [2.05, 4.69) is 39.0 Å². The van der Waals surface area contributed by atoms with Gasteiger partial charge in [0.25, 0.3) is 0 Å². The molecule has 0 saturated heterocycles. The fourth-order valence-electron chi connectivity index (χ4n) is 2.38. The van der Waals surface area contributed by atoms with Crippen LogP contribution in [0.2, 0.25) is 0 Å². The quantitative estimate of drug-likeness (QED) is 0.667. The molecule has 1 atom stereocenters. The highest BCUT2D eigenvalue weighted by atomic mass is 14.7. The average molecular weight is 189 g/mol. The van der Waals surface area contributed by atoms with Gasteiger partial charge in [-0.1, -0.05) is 37.6 Å². The topological polar surface area (TPSA) is 26.0 Å². The van der Waals surface area contributed by atoms with E-state index in [-0.39, 0.29) is 5.41 Å². The molecule has 0 aliphatic heterocycles. The van der Waals surface area contributed by atoms with Crippen molar-refractivity contribution in [2.45, 2.75) is 45.1 Å². The third kappa shape index (κ3) is 1.36. The Labute approximate surface area is 86.3 Å². The molecule has 1 aromatic carbocycles. The van der Waals surface area contributed by atoms with Gasteiger partial charge < -0.3 is 5.73 Å². The maximum atomic E-state index is 6.18. The maximum absolute atomic E-state index is 6.18. The second-order valence-corrected chi connectivity index (χ2v) is 5.03. The maximum Gasteiger partial charge on any atom is 0.0134 e. The van der Waals surface area contributed by atoms with Crippen LogP contribution in [-0.2, 0) is 11.8 Å². The zero-order valence-corrected chi connectivity index (χ0v) is 9.30. The number of hydrogen-bond acceptors (Lipinski definition) is 1. The van der Waals surface area contributed by atoms with Crippen molar-refractivity contribution in [1.29, 1.82) is 0 Å². The summed E-state index contributed by atoms with van der Waals surface area (Å²) in [6.07, 6.45) is 2.25. The lowest BCUT2D eigenvalue weighted by molar-refractivity contribution is 0.364. The summed E-state index contributed by atoms with van der Waals surface area (Å²) in [6, 6.07) is 7.06. The van der Waals surface area contributed by atoms with E-state index in [0.29, 0.717) is 6.04 Å². The van der Waals surface area contributed by atoms with Crippen molar-refractivity contribution in [3.8, 4) is 0 Å². The van der Waals surface area contributed by atoms with Crippen molar-refractivity contribution in [2.75, 3.05) is 0 Å². The van der Waals surface area contributed by atoms with E-state index < -0.39 is 0 Å². The lowest BCUT2D eigenvalue weighted by atomic mass is 9.69. The van der Waals surface area contributed by atoms with Crippen LogP contribution >= 0.6 is 0 Å². The first kappa shape index (κ1) is 9.72. The first-order chi connectivity index (χ1) is 6.51. The molecule has 0 spiro atoms. The monoisotopic (exact) mass is 189 g/mol. The van der Waals surface area contributed by atoms with Crippen LogP contribution in [-0.4, -0.2) is 6.04 Å². The van der Waals surface area contributed by atoms with Gasteiger partial charge in [0.2, 0.25) is 0 Å². The van der Waals surface area contributed by atoms with Gasteiger partial charge in [-0.2, -0.15) is 0 Å². The van der Waals surface area contributed by atoms with Crippen LogP contribution in [0.25, 0.3) is 0 Å². The summed E-state index contributed by atoms with van der Waals surface area (Å²) < 4.78 is 0. The minimum Gasteiger partial charge on any atom is -0.327 e. The summed E-state index contributed by atoms with van der Waals surface area (Å²) in [6.45, 7) is 6.67. The standard InChI is InChI=1S/C13H19N/c1-9-4-5-10-6-7-12(14)13(2,3)11(10)8-9/h4-5,8,12H,6-7,14H2,1-3H3. The Hall–Kier alpha value is -0.820. The SMILES string of the molecule is Cc1ccc2c(c1)C(C)(C)C(N)CC2. The molecule has 2 rings (SSSR count). The second-order valence-electron chi connectivity index (χ2n) is 5.03. The minimum absolute atomic E-state index is 0.138. The minimum atomic E-state index is 0.138. The second kappa shape index (κ2) is 3.09. The first-order valence-electron chi connectivity index (χ1n) is 5.37. The van der Waals surface area contributed by atoms with Crippen LogP contribution in [0.5, 0.6) is 0 Å². The highest BCUT2D eigenvalue weighted by Gasteiger charge is 2.33. The fourth-order valence-corrected chi connectivity index (χ4v) is 2.38. The van der Waals surface area contributed by atoms with Gasteiger partial charge >= 0.3 is 0 Å². The van der Waals surface area contributed by atoms with E-state index in [9.17, 15) is 0 Å². The van der Waals surface area contributed by atoms with E-state index in [4.69, 9.17) is 5.73 Å². The molecule has 76 valence electrons. The van der Waals surface area contributed by atoms with E-state index in [1.165, 1.54) is 16.7 Å². The molecule has 1 nitrogen and oxygen atoms in total. The van der Waals surface area contributed by atoms with Gasteiger partial charge in [0, 0.05) is 11.5 Å². The largest absolute Gasteiger partial charge is 0.327 e. The number of fused-ring (bicyclic) bond motifs is 1. The Bertz CT molecular complexity index is 352. The van der Waals surface area contributed by atoms with E-state index in [0.717, 1.165) is 12.8 Å². The fraction of sp³-hybridized carbons (Fsp3) is 0.538. The number of hydrogen-bond donors (Lipinski definition) is 1. The predicted octanol–water partition coefficient (Wildman–Crippen LogP) is 2.55. The van der Waals surface area contributed by atoms with Crippen molar-refractivity contribution in [3.05, 3.63) is 34.9 Å². The van der Waals surface area contributed by atoms with Gasteiger partial charge in [-0.15, -0.1) is 0 Å². The number of aryl methyl sites for hydroxylation is 2. The summed E-state index contributed by atoms with van der Waals surface area (Å²) in [5.41, 5.74) is 10.6. The van der Waals surface area contributed by atoms with Crippen LogP contribution in [0.3, 0.4) is 0 Å². The molecule has 0 heterocycles. The molecule has 1 heteroatoms. The number of rotatable bonds is 0. The van der Waals surface area contributed by atoms with Gasteiger partial charge in [0.15, 0.2) is 0 Å². The van der Waals surface area contributed by atoms with Gasteiger partial charge in [0.05, 0.1) is 0 Å². The van der Waals surface area contributed by atoms with Crippen molar-refractivity contribution in [2.24, 2.45) is 5.73 Å². The summed E-state index contributed by atoms with van der Waals surface area (Å²) in [7, 11) is 0. The molecule has 0 fully saturated rings.